The van der Waals surface area contributed by atoms with Crippen molar-refractivity contribution in [2.75, 3.05) is 7.11 Å². The predicted molar refractivity (Wildman–Crippen MR) is 79.6 cm³/mol. The Hall–Kier alpha value is -1.52. The summed E-state index contributed by atoms with van der Waals surface area (Å²) in [6.45, 7) is 0. The number of alkyl halides is 1. The molecule has 0 radical (unpaired) electrons. The quantitative estimate of drug-likeness (QED) is 0.605. The molecule has 0 fully saturated rings. The van der Waals surface area contributed by atoms with Crippen molar-refractivity contribution in [3.63, 3.8) is 0 Å². The summed E-state index contributed by atoms with van der Waals surface area (Å²) in [7, 11) is 1.53. The van der Waals surface area contributed by atoms with Crippen LogP contribution in [0.5, 0.6) is 0 Å². The highest BCUT2D eigenvalue weighted by atomic mass is 79.9. The largest absolute Gasteiger partial charge is 0.375 e. The molecular formula is C16H14BrFO2. The first-order chi connectivity index (χ1) is 9.63. The van der Waals surface area contributed by atoms with E-state index < -0.39 is 10.9 Å². The Morgan fingerprint density at radius 3 is 2.25 bits per heavy atom. The van der Waals surface area contributed by atoms with Gasteiger partial charge >= 0.3 is 0 Å². The second kappa shape index (κ2) is 6.77. The first kappa shape index (κ1) is 14.9. The molecular weight excluding hydrogens is 323 g/mol. The zero-order valence-electron chi connectivity index (χ0n) is 10.9. The normalized spacial score (nSPS) is 13.8. The lowest BCUT2D eigenvalue weighted by Gasteiger charge is -2.20. The molecule has 0 bridgehead atoms. The number of hydrogen-bond acceptors (Lipinski definition) is 2. The topological polar surface area (TPSA) is 26.3 Å². The third-order valence-electron chi connectivity index (χ3n) is 3.03. The molecule has 0 unspecified atom stereocenters. The van der Waals surface area contributed by atoms with Gasteiger partial charge < -0.3 is 4.74 Å². The van der Waals surface area contributed by atoms with Crippen LogP contribution in [0.25, 0.3) is 0 Å². The van der Waals surface area contributed by atoms with Crippen molar-refractivity contribution in [3.8, 4) is 0 Å². The second-order valence-corrected chi connectivity index (χ2v) is 5.33. The van der Waals surface area contributed by atoms with E-state index in [1.54, 1.807) is 24.3 Å². The SMILES string of the molecule is CO[C@H](c1ccc(F)cc1)[C@@H](Br)C(=O)c1ccccc1. The van der Waals surface area contributed by atoms with Crippen molar-refractivity contribution in [1.82, 2.24) is 0 Å². The van der Waals surface area contributed by atoms with Gasteiger partial charge in [0.05, 0.1) is 0 Å². The lowest BCUT2D eigenvalue weighted by molar-refractivity contribution is 0.0770. The molecule has 0 N–H and O–H groups in total. The highest BCUT2D eigenvalue weighted by Gasteiger charge is 2.27. The molecule has 0 aliphatic heterocycles. The van der Waals surface area contributed by atoms with Crippen LogP contribution in [0.4, 0.5) is 4.39 Å². The number of methoxy groups -OCH3 is 1. The molecule has 0 heterocycles. The van der Waals surface area contributed by atoms with Crippen LogP contribution in [0.1, 0.15) is 22.0 Å². The smallest absolute Gasteiger partial charge is 0.179 e. The van der Waals surface area contributed by atoms with E-state index in [0.29, 0.717) is 5.56 Å². The fraction of sp³-hybridized carbons (Fsp3) is 0.188. The van der Waals surface area contributed by atoms with Crippen LogP contribution < -0.4 is 0 Å². The van der Waals surface area contributed by atoms with Gasteiger partial charge in [0.25, 0.3) is 0 Å². The molecule has 0 aliphatic rings. The molecule has 0 saturated carbocycles. The predicted octanol–water partition coefficient (Wildman–Crippen LogP) is 4.16. The van der Waals surface area contributed by atoms with Crippen LogP contribution in [0.15, 0.2) is 54.6 Å². The minimum atomic E-state index is -0.527. The van der Waals surface area contributed by atoms with Gasteiger partial charge in [0.15, 0.2) is 5.78 Å². The number of ether oxygens (including phenoxy) is 1. The van der Waals surface area contributed by atoms with Gasteiger partial charge in [-0.25, -0.2) is 4.39 Å². The van der Waals surface area contributed by atoms with Crippen LogP contribution in [-0.2, 0) is 4.74 Å². The Bertz CT molecular complexity index is 569. The van der Waals surface area contributed by atoms with E-state index in [-0.39, 0.29) is 11.6 Å². The van der Waals surface area contributed by atoms with E-state index in [0.717, 1.165) is 5.56 Å². The van der Waals surface area contributed by atoms with Crippen LogP contribution in [0.3, 0.4) is 0 Å². The van der Waals surface area contributed by atoms with Gasteiger partial charge in [-0.1, -0.05) is 58.4 Å². The van der Waals surface area contributed by atoms with E-state index in [1.165, 1.54) is 19.2 Å². The van der Waals surface area contributed by atoms with E-state index in [2.05, 4.69) is 15.9 Å². The van der Waals surface area contributed by atoms with Gasteiger partial charge in [-0.2, -0.15) is 0 Å². The zero-order chi connectivity index (χ0) is 14.5. The minimum Gasteiger partial charge on any atom is -0.375 e. The number of ketones is 1. The molecule has 20 heavy (non-hydrogen) atoms. The summed E-state index contributed by atoms with van der Waals surface area (Å²) in [5, 5.41) is 0. The molecule has 0 saturated heterocycles. The molecule has 0 amide bonds. The number of carbonyl (C=O) groups excluding carboxylic acids is 1. The van der Waals surface area contributed by atoms with Crippen molar-refractivity contribution in [2.24, 2.45) is 0 Å². The fourth-order valence-corrected chi connectivity index (χ4v) is 2.76. The summed E-state index contributed by atoms with van der Waals surface area (Å²) in [5.41, 5.74) is 1.36. The Balaban J connectivity index is 2.23. The summed E-state index contributed by atoms with van der Waals surface area (Å²) in [6, 6.07) is 14.9. The minimum absolute atomic E-state index is 0.0678. The van der Waals surface area contributed by atoms with Gasteiger partial charge in [0.1, 0.15) is 16.7 Å². The Kier molecular flexibility index (Phi) is 5.04. The summed E-state index contributed by atoms with van der Waals surface area (Å²) in [4.78, 5) is 11.9. The van der Waals surface area contributed by atoms with Crippen molar-refractivity contribution in [1.29, 1.82) is 0 Å². The average Bonchev–Trinajstić information content (AvgIpc) is 2.50. The van der Waals surface area contributed by atoms with Crippen molar-refractivity contribution >= 4 is 21.7 Å². The standard InChI is InChI=1S/C16H14BrFO2/c1-20-16(12-7-9-13(18)10-8-12)14(17)15(19)11-5-3-2-4-6-11/h2-10,14,16H,1H3/t14-,16+/m0/s1. The van der Waals surface area contributed by atoms with Gasteiger partial charge in [-0.05, 0) is 17.7 Å². The molecule has 0 spiro atoms. The van der Waals surface area contributed by atoms with Gasteiger partial charge in [0, 0.05) is 12.7 Å². The Labute approximate surface area is 125 Å². The zero-order valence-corrected chi connectivity index (χ0v) is 12.5. The van der Waals surface area contributed by atoms with Crippen molar-refractivity contribution in [2.45, 2.75) is 10.9 Å². The maximum absolute atomic E-state index is 13.0. The Morgan fingerprint density at radius 2 is 1.70 bits per heavy atom. The average molecular weight is 337 g/mol. The van der Waals surface area contributed by atoms with E-state index >= 15 is 0 Å². The fourth-order valence-electron chi connectivity index (χ4n) is 1.98. The molecule has 2 rings (SSSR count). The number of carbonyl (C=O) groups is 1. The monoisotopic (exact) mass is 336 g/mol. The van der Waals surface area contributed by atoms with Crippen LogP contribution >= 0.6 is 15.9 Å². The number of rotatable bonds is 5. The summed E-state index contributed by atoms with van der Waals surface area (Å²) >= 11 is 3.39. The molecule has 104 valence electrons. The number of halogens is 2. The van der Waals surface area contributed by atoms with Crippen LogP contribution in [0.2, 0.25) is 0 Å². The third-order valence-corrected chi connectivity index (χ3v) is 3.92. The molecule has 2 aromatic carbocycles. The summed E-state index contributed by atoms with van der Waals surface area (Å²) < 4.78 is 18.3. The first-order valence-corrected chi connectivity index (χ1v) is 7.06. The summed E-state index contributed by atoms with van der Waals surface area (Å²) in [6.07, 6.45) is -0.469. The van der Waals surface area contributed by atoms with Gasteiger partial charge in [-0.3, -0.25) is 4.79 Å². The van der Waals surface area contributed by atoms with Crippen LogP contribution in [-0.4, -0.2) is 17.7 Å². The highest BCUT2D eigenvalue weighted by molar-refractivity contribution is 9.10. The number of hydrogen-bond donors (Lipinski definition) is 0. The number of Topliss-reactive ketones (excluding diaryl/α,β-unsaturated/α-hetero) is 1. The molecule has 2 aromatic rings. The third kappa shape index (κ3) is 3.32. The highest BCUT2D eigenvalue weighted by Crippen LogP contribution is 2.28. The Morgan fingerprint density at radius 1 is 1.10 bits per heavy atom. The maximum atomic E-state index is 13.0. The molecule has 2 atom stereocenters. The van der Waals surface area contributed by atoms with Crippen molar-refractivity contribution < 1.29 is 13.9 Å². The summed E-state index contributed by atoms with van der Waals surface area (Å²) in [5.74, 6) is -0.383. The lowest BCUT2D eigenvalue weighted by Crippen LogP contribution is -2.24. The molecule has 4 heteroatoms. The number of benzene rings is 2. The van der Waals surface area contributed by atoms with E-state index in [9.17, 15) is 9.18 Å². The lowest BCUT2D eigenvalue weighted by atomic mass is 10.00. The molecule has 2 nitrogen and oxygen atoms in total. The maximum Gasteiger partial charge on any atom is 0.179 e. The van der Waals surface area contributed by atoms with Crippen molar-refractivity contribution in [3.05, 3.63) is 71.5 Å². The molecule has 0 aromatic heterocycles. The molecule has 0 aliphatic carbocycles. The van der Waals surface area contributed by atoms with Gasteiger partial charge in [-0.15, -0.1) is 0 Å². The van der Waals surface area contributed by atoms with E-state index in [4.69, 9.17) is 4.74 Å². The van der Waals surface area contributed by atoms with Crippen LogP contribution in [0, 0.1) is 5.82 Å². The first-order valence-electron chi connectivity index (χ1n) is 6.15. The van der Waals surface area contributed by atoms with Gasteiger partial charge in [0.2, 0.25) is 0 Å². The second-order valence-electron chi connectivity index (χ2n) is 4.34. The van der Waals surface area contributed by atoms with E-state index in [1.807, 2.05) is 18.2 Å².